The van der Waals surface area contributed by atoms with E-state index in [4.69, 9.17) is 0 Å². The van der Waals surface area contributed by atoms with Gasteiger partial charge in [0.25, 0.3) is 5.91 Å². The molecule has 7 heteroatoms. The van der Waals surface area contributed by atoms with E-state index in [2.05, 4.69) is 20.8 Å². The minimum Gasteiger partial charge on any atom is -0.378 e. The van der Waals surface area contributed by atoms with Crippen LogP contribution < -0.4 is 5.32 Å². The van der Waals surface area contributed by atoms with Crippen LogP contribution in [0.15, 0.2) is 54.6 Å². The van der Waals surface area contributed by atoms with E-state index < -0.39 is 12.0 Å². The van der Waals surface area contributed by atoms with Crippen molar-refractivity contribution in [1.29, 1.82) is 0 Å². The zero-order valence-electron chi connectivity index (χ0n) is 12.4. The van der Waals surface area contributed by atoms with Crippen LogP contribution in [0, 0.1) is 0 Å². The third-order valence-corrected chi connectivity index (χ3v) is 3.37. The molecule has 2 N–H and O–H groups in total. The van der Waals surface area contributed by atoms with Crippen molar-refractivity contribution in [3.8, 4) is 11.4 Å². The summed E-state index contributed by atoms with van der Waals surface area (Å²) in [5.41, 5.74) is 1.87. The zero-order chi connectivity index (χ0) is 16.2. The molecule has 7 nitrogen and oxygen atoms in total. The number of anilines is 1. The molecule has 23 heavy (non-hydrogen) atoms. The normalized spacial score (nSPS) is 11.9. The lowest BCUT2D eigenvalue weighted by molar-refractivity contribution is -0.124. The van der Waals surface area contributed by atoms with E-state index in [9.17, 15) is 9.90 Å². The molecule has 2 aromatic carbocycles. The van der Waals surface area contributed by atoms with Crippen molar-refractivity contribution in [2.75, 3.05) is 5.32 Å². The molecule has 1 unspecified atom stereocenters. The van der Waals surface area contributed by atoms with Crippen molar-refractivity contribution in [2.24, 2.45) is 7.05 Å². The Morgan fingerprint density at radius 3 is 2.65 bits per heavy atom. The predicted molar refractivity (Wildman–Crippen MR) is 84.3 cm³/mol. The topological polar surface area (TPSA) is 92.9 Å². The van der Waals surface area contributed by atoms with E-state index in [0.29, 0.717) is 17.1 Å². The van der Waals surface area contributed by atoms with Gasteiger partial charge in [-0.25, -0.2) is 4.68 Å². The highest BCUT2D eigenvalue weighted by Crippen LogP contribution is 2.21. The molecule has 116 valence electrons. The van der Waals surface area contributed by atoms with E-state index in [1.165, 1.54) is 0 Å². The highest BCUT2D eigenvalue weighted by Gasteiger charge is 2.17. The summed E-state index contributed by atoms with van der Waals surface area (Å²) in [7, 11) is 1.74. The molecule has 0 saturated heterocycles. The summed E-state index contributed by atoms with van der Waals surface area (Å²) in [6, 6.07) is 15.9. The molecule has 0 spiro atoms. The molecule has 3 aromatic rings. The fraction of sp³-hybridized carbons (Fsp3) is 0.125. The van der Waals surface area contributed by atoms with Gasteiger partial charge in [-0.05, 0) is 28.1 Å². The van der Waals surface area contributed by atoms with Crippen LogP contribution in [0.2, 0.25) is 0 Å². The lowest BCUT2D eigenvalue weighted by Crippen LogP contribution is -2.20. The number of aliphatic hydroxyl groups is 1. The lowest BCUT2D eigenvalue weighted by atomic mass is 10.1. The molecule has 1 amide bonds. The molecular weight excluding hydrogens is 294 g/mol. The smallest absolute Gasteiger partial charge is 0.257 e. The monoisotopic (exact) mass is 309 g/mol. The Morgan fingerprint density at radius 2 is 1.96 bits per heavy atom. The first-order valence-corrected chi connectivity index (χ1v) is 7.02. The summed E-state index contributed by atoms with van der Waals surface area (Å²) < 4.78 is 1.54. The molecule has 0 bridgehead atoms. The number of amides is 1. The van der Waals surface area contributed by atoms with Gasteiger partial charge < -0.3 is 10.4 Å². The van der Waals surface area contributed by atoms with Crippen LogP contribution in [0.25, 0.3) is 11.4 Å². The number of carbonyl (C=O) groups excluding carboxylic acids is 1. The first-order valence-electron chi connectivity index (χ1n) is 7.02. The van der Waals surface area contributed by atoms with Gasteiger partial charge in [0.15, 0.2) is 11.9 Å². The second-order valence-corrected chi connectivity index (χ2v) is 5.01. The van der Waals surface area contributed by atoms with Crippen molar-refractivity contribution in [2.45, 2.75) is 6.10 Å². The van der Waals surface area contributed by atoms with Gasteiger partial charge in [0.1, 0.15) is 0 Å². The van der Waals surface area contributed by atoms with Crippen molar-refractivity contribution in [3.05, 3.63) is 60.2 Å². The SMILES string of the molecule is Cn1nnnc1-c1cccc(NC(=O)C(O)c2ccccc2)c1. The molecule has 1 aromatic heterocycles. The molecule has 0 fully saturated rings. The van der Waals surface area contributed by atoms with Crippen LogP contribution in [0.4, 0.5) is 5.69 Å². The van der Waals surface area contributed by atoms with Crippen LogP contribution in [0.1, 0.15) is 11.7 Å². The minimum atomic E-state index is -1.23. The molecule has 1 atom stereocenters. The maximum atomic E-state index is 12.2. The van der Waals surface area contributed by atoms with E-state index in [1.54, 1.807) is 54.2 Å². The van der Waals surface area contributed by atoms with Gasteiger partial charge in [-0.3, -0.25) is 4.79 Å². The van der Waals surface area contributed by atoms with E-state index in [1.807, 2.05) is 12.1 Å². The maximum absolute atomic E-state index is 12.2. The Bertz CT molecular complexity index is 816. The molecule has 0 radical (unpaired) electrons. The molecule has 0 saturated carbocycles. The first kappa shape index (κ1) is 14.9. The molecule has 0 aliphatic heterocycles. The standard InChI is InChI=1S/C16H15N5O2/c1-21-15(18-19-20-21)12-8-5-9-13(10-12)17-16(23)14(22)11-6-3-2-4-7-11/h2-10,14,22H,1H3,(H,17,23). The number of tetrazole rings is 1. The predicted octanol–water partition coefficient (Wildman–Crippen LogP) is 1.55. The number of aliphatic hydroxyl groups excluding tert-OH is 1. The number of aryl methyl sites for hydroxylation is 1. The van der Waals surface area contributed by atoms with Gasteiger partial charge in [0.05, 0.1) is 0 Å². The van der Waals surface area contributed by atoms with Gasteiger partial charge in [-0.1, -0.05) is 42.5 Å². The zero-order valence-corrected chi connectivity index (χ0v) is 12.4. The number of benzene rings is 2. The summed E-state index contributed by atoms with van der Waals surface area (Å²) in [5.74, 6) is 0.0918. The Labute approximate surface area is 132 Å². The van der Waals surface area contributed by atoms with Gasteiger partial charge in [0.2, 0.25) is 0 Å². The molecule has 1 heterocycles. The second kappa shape index (κ2) is 6.37. The Balaban J connectivity index is 1.78. The van der Waals surface area contributed by atoms with E-state index >= 15 is 0 Å². The van der Waals surface area contributed by atoms with Crippen molar-refractivity contribution in [3.63, 3.8) is 0 Å². The third kappa shape index (κ3) is 3.24. The summed E-state index contributed by atoms with van der Waals surface area (Å²) in [5, 5.41) is 24.1. The largest absolute Gasteiger partial charge is 0.378 e. The molecule has 0 aliphatic rings. The highest BCUT2D eigenvalue weighted by molar-refractivity contribution is 5.95. The Hall–Kier alpha value is -3.06. The van der Waals surface area contributed by atoms with E-state index in [0.717, 1.165) is 5.56 Å². The fourth-order valence-corrected chi connectivity index (χ4v) is 2.21. The average molecular weight is 309 g/mol. The van der Waals surface area contributed by atoms with Crippen LogP contribution in [0.5, 0.6) is 0 Å². The summed E-state index contributed by atoms with van der Waals surface area (Å²) >= 11 is 0. The van der Waals surface area contributed by atoms with Crippen LogP contribution in [-0.2, 0) is 11.8 Å². The third-order valence-electron chi connectivity index (χ3n) is 3.37. The van der Waals surface area contributed by atoms with Gasteiger partial charge in [0, 0.05) is 18.3 Å². The van der Waals surface area contributed by atoms with Gasteiger partial charge >= 0.3 is 0 Å². The van der Waals surface area contributed by atoms with Gasteiger partial charge in [-0.2, -0.15) is 0 Å². The van der Waals surface area contributed by atoms with E-state index in [-0.39, 0.29) is 0 Å². The highest BCUT2D eigenvalue weighted by atomic mass is 16.3. The number of carbonyl (C=O) groups is 1. The number of aromatic nitrogens is 4. The number of hydrogen-bond acceptors (Lipinski definition) is 5. The summed E-state index contributed by atoms with van der Waals surface area (Å²) in [4.78, 5) is 12.2. The van der Waals surface area contributed by atoms with Crippen molar-refractivity contribution >= 4 is 11.6 Å². The van der Waals surface area contributed by atoms with Crippen LogP contribution in [0.3, 0.4) is 0 Å². The number of rotatable bonds is 4. The minimum absolute atomic E-state index is 0.496. The maximum Gasteiger partial charge on any atom is 0.257 e. The second-order valence-electron chi connectivity index (χ2n) is 5.01. The van der Waals surface area contributed by atoms with Crippen LogP contribution >= 0.6 is 0 Å². The first-order chi connectivity index (χ1) is 11.1. The van der Waals surface area contributed by atoms with Crippen LogP contribution in [-0.4, -0.2) is 31.2 Å². The molecular formula is C16H15N5O2. The Morgan fingerprint density at radius 1 is 1.17 bits per heavy atom. The number of nitrogens with zero attached hydrogens (tertiary/aromatic N) is 4. The fourth-order valence-electron chi connectivity index (χ4n) is 2.21. The van der Waals surface area contributed by atoms with Crippen molar-refractivity contribution < 1.29 is 9.90 Å². The molecule has 0 aliphatic carbocycles. The quantitative estimate of drug-likeness (QED) is 0.762. The average Bonchev–Trinajstić information content (AvgIpc) is 3.01. The summed E-state index contributed by atoms with van der Waals surface area (Å²) in [6.07, 6.45) is -1.23. The van der Waals surface area contributed by atoms with Gasteiger partial charge in [-0.15, -0.1) is 5.10 Å². The summed E-state index contributed by atoms with van der Waals surface area (Å²) in [6.45, 7) is 0. The number of hydrogen-bond donors (Lipinski definition) is 2. The molecule has 3 rings (SSSR count). The Kier molecular flexibility index (Phi) is 4.11. The number of nitrogens with one attached hydrogen (secondary N) is 1. The lowest BCUT2D eigenvalue weighted by Gasteiger charge is -2.12. The van der Waals surface area contributed by atoms with Crippen molar-refractivity contribution in [1.82, 2.24) is 20.2 Å².